The van der Waals surface area contributed by atoms with E-state index in [4.69, 9.17) is 11.6 Å². The lowest BCUT2D eigenvalue weighted by molar-refractivity contribution is -0.118. The molecule has 2 amide bonds. The van der Waals surface area contributed by atoms with Crippen LogP contribution in [0.1, 0.15) is 40.2 Å². The molecule has 30 heavy (non-hydrogen) atoms. The molecular weight excluding hydrogens is 409 g/mol. The summed E-state index contributed by atoms with van der Waals surface area (Å²) in [5.41, 5.74) is 2.03. The van der Waals surface area contributed by atoms with Crippen LogP contribution in [0.25, 0.3) is 0 Å². The van der Waals surface area contributed by atoms with Crippen LogP contribution in [-0.4, -0.2) is 35.9 Å². The number of rotatable bonds is 7. The molecule has 0 spiro atoms. The number of allylic oxidation sites excluding steroid dienone is 2. The third-order valence-electron chi connectivity index (χ3n) is 3.87. The summed E-state index contributed by atoms with van der Waals surface area (Å²) in [6.07, 6.45) is 3.26. The van der Waals surface area contributed by atoms with Gasteiger partial charge in [-0.05, 0) is 45.4 Å². The van der Waals surface area contributed by atoms with E-state index in [2.05, 4.69) is 20.7 Å². The minimum Gasteiger partial charge on any atom is -0.348 e. The van der Waals surface area contributed by atoms with Gasteiger partial charge >= 0.3 is 0 Å². The van der Waals surface area contributed by atoms with Gasteiger partial charge in [0.15, 0.2) is 0 Å². The normalized spacial score (nSPS) is 13.2. The smallest absolute Gasteiger partial charge is 0.253 e. The fourth-order valence-electron chi connectivity index (χ4n) is 2.72. The first-order chi connectivity index (χ1) is 14.1. The topological polar surface area (TPSA) is 86.2 Å². The minimum atomic E-state index is -0.520. The van der Waals surface area contributed by atoms with Gasteiger partial charge in [0.1, 0.15) is 11.7 Å². The van der Waals surface area contributed by atoms with Gasteiger partial charge in [0.25, 0.3) is 5.91 Å². The van der Waals surface area contributed by atoms with Crippen molar-refractivity contribution in [3.63, 3.8) is 0 Å². The summed E-state index contributed by atoms with van der Waals surface area (Å²) in [5, 5.41) is 11.2. The number of aliphatic imine (C=N–C) groups is 1. The summed E-state index contributed by atoms with van der Waals surface area (Å²) >= 11 is 5.80. The maximum absolute atomic E-state index is 13.3. The van der Waals surface area contributed by atoms with E-state index in [1.54, 1.807) is 53.1 Å². The average Bonchev–Trinajstić information content (AvgIpc) is 2.65. The summed E-state index contributed by atoms with van der Waals surface area (Å²) in [7, 11) is 1.66. The highest BCUT2D eigenvalue weighted by molar-refractivity contribution is 6.30. The van der Waals surface area contributed by atoms with Gasteiger partial charge < -0.3 is 10.6 Å². The van der Waals surface area contributed by atoms with Crippen molar-refractivity contribution in [2.45, 2.75) is 41.2 Å². The Morgan fingerprint density at radius 3 is 2.43 bits per heavy atom. The molecule has 2 N–H and O–H groups in total. The maximum atomic E-state index is 13.3. The van der Waals surface area contributed by atoms with E-state index in [0.717, 1.165) is 0 Å². The lowest BCUT2D eigenvalue weighted by Crippen LogP contribution is -2.31. The number of amides is 2. The molecule has 0 bridgehead atoms. The highest BCUT2D eigenvalue weighted by Gasteiger charge is 2.20. The second-order valence-corrected chi connectivity index (χ2v) is 6.75. The van der Waals surface area contributed by atoms with Gasteiger partial charge in [0.05, 0.1) is 22.0 Å². The molecular formula is C21H27ClFN5O2. The van der Waals surface area contributed by atoms with Crippen molar-refractivity contribution in [1.29, 1.82) is 0 Å². The van der Waals surface area contributed by atoms with E-state index in [1.807, 2.05) is 0 Å². The van der Waals surface area contributed by atoms with Crippen LogP contribution in [-0.2, 0) is 16.1 Å². The number of benzene rings is 1. The second kappa shape index (κ2) is 11.9. The van der Waals surface area contributed by atoms with Gasteiger partial charge in [-0.1, -0.05) is 23.7 Å². The van der Waals surface area contributed by atoms with Gasteiger partial charge in [0.2, 0.25) is 5.91 Å². The first-order valence-electron chi connectivity index (χ1n) is 9.25. The Morgan fingerprint density at radius 2 is 1.90 bits per heavy atom. The molecule has 0 aromatic heterocycles. The van der Waals surface area contributed by atoms with E-state index >= 15 is 0 Å². The van der Waals surface area contributed by atoms with Crippen LogP contribution in [0.2, 0.25) is 5.02 Å². The molecule has 9 heteroatoms. The van der Waals surface area contributed by atoms with Crippen molar-refractivity contribution >= 4 is 35.5 Å². The Hall–Kier alpha value is -3.00. The summed E-state index contributed by atoms with van der Waals surface area (Å²) in [6, 6.07) is 4.26. The number of hydrazone groups is 1. The highest BCUT2D eigenvalue weighted by atomic mass is 35.5. The quantitative estimate of drug-likeness (QED) is 0.225. The van der Waals surface area contributed by atoms with Crippen molar-refractivity contribution in [3.05, 3.63) is 57.6 Å². The van der Waals surface area contributed by atoms with Crippen molar-refractivity contribution in [2.75, 3.05) is 7.05 Å². The van der Waals surface area contributed by atoms with E-state index in [1.165, 1.54) is 24.1 Å². The lowest BCUT2D eigenvalue weighted by Gasteiger charge is -2.22. The van der Waals surface area contributed by atoms with E-state index in [0.29, 0.717) is 28.4 Å². The van der Waals surface area contributed by atoms with Crippen molar-refractivity contribution in [3.8, 4) is 0 Å². The molecule has 1 aromatic carbocycles. The Labute approximate surface area is 181 Å². The van der Waals surface area contributed by atoms with Gasteiger partial charge in [-0.25, -0.2) is 4.39 Å². The van der Waals surface area contributed by atoms with Crippen LogP contribution in [0.15, 0.2) is 51.3 Å². The molecule has 0 fully saturated rings. The predicted octanol–water partition coefficient (Wildman–Crippen LogP) is 3.77. The SMILES string of the molecule is CC=N/C(C)=C(\C(=C\C)C(=O)NCc1ccc(F)c(Cl)c1)N(C)/N=C(\C)NC(C)=O. The lowest BCUT2D eigenvalue weighted by atomic mass is 10.1. The summed E-state index contributed by atoms with van der Waals surface area (Å²) in [5.74, 6) is -0.765. The van der Waals surface area contributed by atoms with Crippen molar-refractivity contribution < 1.29 is 14.0 Å². The molecule has 0 saturated heterocycles. The molecule has 7 nitrogen and oxygen atoms in total. The molecule has 0 heterocycles. The molecule has 1 aromatic rings. The molecule has 162 valence electrons. The molecule has 0 aliphatic heterocycles. The number of nitrogens with one attached hydrogen (secondary N) is 2. The van der Waals surface area contributed by atoms with Crippen LogP contribution in [0.5, 0.6) is 0 Å². The third kappa shape index (κ3) is 7.44. The number of carbonyl (C=O) groups is 2. The number of amidine groups is 1. The molecule has 0 atom stereocenters. The van der Waals surface area contributed by atoms with Crippen LogP contribution in [0.3, 0.4) is 0 Å². The number of nitrogens with zero attached hydrogens (tertiary/aromatic N) is 3. The number of carbonyl (C=O) groups excluding carboxylic acids is 2. The number of halogens is 2. The largest absolute Gasteiger partial charge is 0.348 e. The fraction of sp³-hybridized carbons (Fsp3) is 0.333. The van der Waals surface area contributed by atoms with Gasteiger partial charge in [-0.2, -0.15) is 5.10 Å². The number of hydrogen-bond acceptors (Lipinski definition) is 5. The molecule has 0 radical (unpaired) electrons. The van der Waals surface area contributed by atoms with E-state index < -0.39 is 5.82 Å². The standard InChI is InChI=1S/C21H27ClFN5O2/c1-7-17(21(30)25-12-16-9-10-19(23)18(22)11-16)20(13(3)24-8-2)28(6)27-14(4)26-15(5)29/h7-11H,12H2,1-6H3,(H,25,30)(H,26,27,29)/b17-7-,20-13+,24-8?. The molecule has 0 aliphatic rings. The number of likely N-dealkylation sites (N-methyl/N-ethyl adjacent to an activating group) is 1. The highest BCUT2D eigenvalue weighted by Crippen LogP contribution is 2.21. The summed E-state index contributed by atoms with van der Waals surface area (Å²) in [4.78, 5) is 28.4. The molecule has 0 aliphatic carbocycles. The van der Waals surface area contributed by atoms with Crippen LogP contribution < -0.4 is 10.6 Å². The van der Waals surface area contributed by atoms with Gasteiger partial charge in [-0.3, -0.25) is 19.6 Å². The van der Waals surface area contributed by atoms with Crippen LogP contribution in [0.4, 0.5) is 4.39 Å². The molecule has 0 saturated carbocycles. The van der Waals surface area contributed by atoms with Crippen molar-refractivity contribution in [2.24, 2.45) is 10.1 Å². The molecule has 1 rings (SSSR count). The minimum absolute atomic E-state index is 0.00997. The second-order valence-electron chi connectivity index (χ2n) is 6.35. The Morgan fingerprint density at radius 1 is 1.23 bits per heavy atom. The average molecular weight is 436 g/mol. The summed E-state index contributed by atoms with van der Waals surface area (Å²) in [6.45, 7) is 8.44. The molecule has 0 unspecified atom stereocenters. The monoisotopic (exact) mass is 435 g/mol. The van der Waals surface area contributed by atoms with Crippen LogP contribution in [0, 0.1) is 5.82 Å². The first kappa shape index (κ1) is 25.0. The zero-order valence-electron chi connectivity index (χ0n) is 18.0. The Bertz CT molecular complexity index is 922. The zero-order chi connectivity index (χ0) is 22.8. The summed E-state index contributed by atoms with van der Waals surface area (Å²) < 4.78 is 13.3. The fourth-order valence-corrected chi connectivity index (χ4v) is 2.92. The van der Waals surface area contributed by atoms with Crippen molar-refractivity contribution in [1.82, 2.24) is 15.6 Å². The maximum Gasteiger partial charge on any atom is 0.253 e. The van der Waals surface area contributed by atoms with E-state index in [9.17, 15) is 14.0 Å². The van der Waals surface area contributed by atoms with Crippen LogP contribution >= 0.6 is 11.6 Å². The Balaban J connectivity index is 3.17. The predicted molar refractivity (Wildman–Crippen MR) is 119 cm³/mol. The third-order valence-corrected chi connectivity index (χ3v) is 4.16. The number of hydrogen-bond donors (Lipinski definition) is 2. The Kier molecular flexibility index (Phi) is 9.91. The zero-order valence-corrected chi connectivity index (χ0v) is 18.8. The van der Waals surface area contributed by atoms with Gasteiger partial charge in [-0.15, -0.1) is 0 Å². The first-order valence-corrected chi connectivity index (χ1v) is 9.63. The van der Waals surface area contributed by atoms with E-state index in [-0.39, 0.29) is 23.4 Å². The van der Waals surface area contributed by atoms with Gasteiger partial charge in [0, 0.05) is 26.7 Å².